The Morgan fingerprint density at radius 2 is 2.05 bits per heavy atom. The van der Waals surface area contributed by atoms with E-state index < -0.39 is 0 Å². The average molecular weight is 306 g/mol. The van der Waals surface area contributed by atoms with Crippen LogP contribution in [0, 0.1) is 0 Å². The van der Waals surface area contributed by atoms with Gasteiger partial charge in [0, 0.05) is 17.5 Å². The molecule has 0 aliphatic carbocycles. The minimum absolute atomic E-state index is 0.0903. The molecule has 0 unspecified atom stereocenters. The van der Waals surface area contributed by atoms with Crippen LogP contribution in [0.5, 0.6) is 11.5 Å². The second-order valence-electron chi connectivity index (χ2n) is 5.86. The lowest BCUT2D eigenvalue weighted by atomic mass is 10.1. The fourth-order valence-corrected chi connectivity index (χ4v) is 2.31. The molecule has 1 N–H and O–H groups in total. The van der Waals surface area contributed by atoms with Gasteiger partial charge in [-0.05, 0) is 38.5 Å². The summed E-state index contributed by atoms with van der Waals surface area (Å²) in [5.74, 6) is 1.49. The average Bonchev–Trinajstić information content (AvgIpc) is 2.95. The normalized spacial score (nSPS) is 11.4. The molecule has 2 rings (SSSR count). The largest absolute Gasteiger partial charge is 0.493 e. The highest BCUT2D eigenvalue weighted by atomic mass is 32.1. The van der Waals surface area contributed by atoms with Gasteiger partial charge in [-0.2, -0.15) is 0 Å². The summed E-state index contributed by atoms with van der Waals surface area (Å²) >= 11 is 1.57. The van der Waals surface area contributed by atoms with E-state index in [1.165, 1.54) is 5.56 Å². The van der Waals surface area contributed by atoms with Crippen LogP contribution in [-0.4, -0.2) is 17.6 Å². The molecule has 0 atom stereocenters. The first-order valence-electron chi connectivity index (χ1n) is 6.90. The molecule has 0 saturated heterocycles. The molecular weight excluding hydrogens is 284 g/mol. The molecule has 0 saturated carbocycles. The van der Waals surface area contributed by atoms with Gasteiger partial charge in [0.05, 0.1) is 18.3 Å². The number of aromatic nitrogens is 1. The fraction of sp³-hybridized carbons (Fsp3) is 0.438. The zero-order valence-corrected chi connectivity index (χ0v) is 13.8. The van der Waals surface area contributed by atoms with Gasteiger partial charge in [0.2, 0.25) is 0 Å². The van der Waals surface area contributed by atoms with E-state index in [0.717, 1.165) is 23.7 Å². The number of ether oxygens (including phenoxy) is 2. The second-order valence-corrected chi connectivity index (χ2v) is 6.58. The summed E-state index contributed by atoms with van der Waals surface area (Å²) in [6, 6.07) is 6.01. The summed E-state index contributed by atoms with van der Waals surface area (Å²) in [6.07, 6.45) is 0. The maximum absolute atomic E-state index is 5.77. The summed E-state index contributed by atoms with van der Waals surface area (Å²) in [5.41, 5.74) is 3.99. The number of hydrogen-bond donors (Lipinski definition) is 1. The van der Waals surface area contributed by atoms with E-state index in [4.69, 9.17) is 9.47 Å². The number of thiazole rings is 1. The third-order valence-electron chi connectivity index (χ3n) is 2.91. The molecule has 114 valence electrons. The molecule has 2 aromatic rings. The summed E-state index contributed by atoms with van der Waals surface area (Å²) in [6.45, 7) is 7.70. The van der Waals surface area contributed by atoms with Gasteiger partial charge >= 0.3 is 0 Å². The van der Waals surface area contributed by atoms with Crippen LogP contribution in [0.25, 0.3) is 0 Å². The number of rotatable bonds is 6. The van der Waals surface area contributed by atoms with E-state index >= 15 is 0 Å². The molecule has 1 aromatic carbocycles. The molecule has 5 heteroatoms. The van der Waals surface area contributed by atoms with Crippen molar-refractivity contribution in [3.05, 3.63) is 40.3 Å². The van der Waals surface area contributed by atoms with Crippen LogP contribution in [0.1, 0.15) is 32.0 Å². The minimum atomic E-state index is 0.0903. The van der Waals surface area contributed by atoms with E-state index in [-0.39, 0.29) is 5.54 Å². The molecule has 0 radical (unpaired) electrons. The molecule has 21 heavy (non-hydrogen) atoms. The van der Waals surface area contributed by atoms with Crippen LogP contribution in [0.15, 0.2) is 29.1 Å². The third-order valence-corrected chi connectivity index (χ3v) is 3.55. The Labute approximate surface area is 130 Å². The highest BCUT2D eigenvalue weighted by molar-refractivity contribution is 7.07. The Morgan fingerprint density at radius 1 is 1.24 bits per heavy atom. The lowest BCUT2D eigenvalue weighted by Gasteiger charge is -2.21. The van der Waals surface area contributed by atoms with Crippen molar-refractivity contribution >= 4 is 11.3 Å². The molecule has 0 fully saturated rings. The van der Waals surface area contributed by atoms with Gasteiger partial charge in [-0.25, -0.2) is 4.98 Å². The van der Waals surface area contributed by atoms with Crippen molar-refractivity contribution in [3.8, 4) is 11.5 Å². The molecule has 0 amide bonds. The van der Waals surface area contributed by atoms with Crippen molar-refractivity contribution in [2.24, 2.45) is 0 Å². The fourth-order valence-electron chi connectivity index (χ4n) is 1.77. The zero-order valence-electron chi connectivity index (χ0n) is 13.0. The molecule has 0 spiro atoms. The molecule has 1 aromatic heterocycles. The molecule has 1 heterocycles. The third kappa shape index (κ3) is 5.02. The first kappa shape index (κ1) is 15.8. The van der Waals surface area contributed by atoms with E-state index in [0.29, 0.717) is 6.61 Å². The second kappa shape index (κ2) is 6.91. The predicted molar refractivity (Wildman–Crippen MR) is 86.0 cm³/mol. The van der Waals surface area contributed by atoms with Crippen molar-refractivity contribution in [2.45, 2.75) is 39.5 Å². The predicted octanol–water partition coefficient (Wildman–Crippen LogP) is 3.62. The minimum Gasteiger partial charge on any atom is -0.493 e. The SMILES string of the molecule is COc1cc(CNC(C)(C)C)ccc1OCc1cscn1. The van der Waals surface area contributed by atoms with E-state index in [1.54, 1.807) is 24.0 Å². The smallest absolute Gasteiger partial charge is 0.161 e. The van der Waals surface area contributed by atoms with Crippen LogP contribution < -0.4 is 14.8 Å². The lowest BCUT2D eigenvalue weighted by Crippen LogP contribution is -2.35. The van der Waals surface area contributed by atoms with Gasteiger partial charge in [0.25, 0.3) is 0 Å². The van der Waals surface area contributed by atoms with Crippen molar-refractivity contribution < 1.29 is 9.47 Å². The number of benzene rings is 1. The lowest BCUT2D eigenvalue weighted by molar-refractivity contribution is 0.281. The summed E-state index contributed by atoms with van der Waals surface area (Å²) in [4.78, 5) is 4.20. The van der Waals surface area contributed by atoms with Crippen LogP contribution in [-0.2, 0) is 13.2 Å². The number of hydrogen-bond acceptors (Lipinski definition) is 5. The van der Waals surface area contributed by atoms with Gasteiger partial charge < -0.3 is 14.8 Å². The van der Waals surface area contributed by atoms with Gasteiger partial charge in [0.1, 0.15) is 6.61 Å². The number of methoxy groups -OCH3 is 1. The monoisotopic (exact) mass is 306 g/mol. The Balaban J connectivity index is 2.02. The number of nitrogens with one attached hydrogen (secondary N) is 1. The highest BCUT2D eigenvalue weighted by Gasteiger charge is 2.11. The Kier molecular flexibility index (Phi) is 5.20. The standard InChI is InChI=1S/C16H22N2O2S/c1-16(2,3)18-8-12-5-6-14(15(7-12)19-4)20-9-13-10-21-11-17-13/h5-7,10-11,18H,8-9H2,1-4H3. The van der Waals surface area contributed by atoms with E-state index in [1.807, 2.05) is 17.5 Å². The number of nitrogens with zero attached hydrogens (tertiary/aromatic N) is 1. The molecule has 4 nitrogen and oxygen atoms in total. The van der Waals surface area contributed by atoms with Crippen LogP contribution in [0.3, 0.4) is 0 Å². The van der Waals surface area contributed by atoms with Gasteiger partial charge in [-0.15, -0.1) is 11.3 Å². The summed E-state index contributed by atoms with van der Waals surface area (Å²) < 4.78 is 11.2. The van der Waals surface area contributed by atoms with Crippen LogP contribution in [0.2, 0.25) is 0 Å². The van der Waals surface area contributed by atoms with Gasteiger partial charge in [-0.1, -0.05) is 6.07 Å². The van der Waals surface area contributed by atoms with Crippen molar-refractivity contribution in [1.29, 1.82) is 0 Å². The van der Waals surface area contributed by atoms with Gasteiger partial charge in [0.15, 0.2) is 11.5 Å². The highest BCUT2D eigenvalue weighted by Crippen LogP contribution is 2.29. The zero-order chi connectivity index (χ0) is 15.3. The Morgan fingerprint density at radius 3 is 2.67 bits per heavy atom. The Hall–Kier alpha value is -1.59. The van der Waals surface area contributed by atoms with Crippen molar-refractivity contribution in [1.82, 2.24) is 10.3 Å². The van der Waals surface area contributed by atoms with Crippen molar-refractivity contribution in [2.75, 3.05) is 7.11 Å². The summed E-state index contributed by atoms with van der Waals surface area (Å²) in [7, 11) is 1.66. The van der Waals surface area contributed by atoms with Crippen molar-refractivity contribution in [3.63, 3.8) is 0 Å². The quantitative estimate of drug-likeness (QED) is 0.885. The van der Waals surface area contributed by atoms with E-state index in [9.17, 15) is 0 Å². The Bertz CT molecular complexity index is 562. The maximum atomic E-state index is 5.77. The topological polar surface area (TPSA) is 43.4 Å². The van der Waals surface area contributed by atoms with E-state index in [2.05, 4.69) is 37.1 Å². The van der Waals surface area contributed by atoms with Crippen LogP contribution in [0.4, 0.5) is 0 Å². The first-order valence-corrected chi connectivity index (χ1v) is 7.84. The molecular formula is C16H22N2O2S. The summed E-state index contributed by atoms with van der Waals surface area (Å²) in [5, 5.41) is 5.44. The van der Waals surface area contributed by atoms with Crippen LogP contribution >= 0.6 is 11.3 Å². The first-order chi connectivity index (χ1) is 9.98. The molecule has 0 bridgehead atoms. The van der Waals surface area contributed by atoms with Gasteiger partial charge in [-0.3, -0.25) is 0 Å². The molecule has 0 aliphatic rings. The molecule has 0 aliphatic heterocycles. The maximum Gasteiger partial charge on any atom is 0.161 e.